The average molecular weight is 462 g/mol. The highest BCUT2D eigenvalue weighted by molar-refractivity contribution is 6.30. The first-order valence-corrected chi connectivity index (χ1v) is 12.2. The molecule has 0 radical (unpaired) electrons. The number of benzene rings is 1. The number of carbonyl (C=O) groups excluding carboxylic acids is 2. The molecule has 1 aromatic carbocycles. The first-order valence-electron chi connectivity index (χ1n) is 11.9. The lowest BCUT2D eigenvalue weighted by atomic mass is 9.93. The molecule has 32 heavy (non-hydrogen) atoms. The molecular weight excluding hydrogens is 426 g/mol. The minimum absolute atomic E-state index is 0.0280. The first kappa shape index (κ1) is 23.4. The van der Waals surface area contributed by atoms with Crippen molar-refractivity contribution in [3.05, 3.63) is 34.9 Å². The molecule has 2 aliphatic heterocycles. The molecule has 1 saturated carbocycles. The van der Waals surface area contributed by atoms with E-state index in [-0.39, 0.29) is 29.9 Å². The van der Waals surface area contributed by atoms with Crippen LogP contribution in [0.4, 0.5) is 4.79 Å². The standard InChI is InChI=1S/C25H36ClN3O3/c1-25(2,3)32-24(31)27(4)22-16-29(15-21(22)17-5-7-19(26)8-6-17)23(30)18-11-13-28(14-12-18)20-9-10-20/h5-8,18,20-22H,9-16H2,1-4H3/t21-,22+/m0/s1. The van der Waals surface area contributed by atoms with Crippen LogP contribution in [0.2, 0.25) is 5.02 Å². The summed E-state index contributed by atoms with van der Waals surface area (Å²) in [7, 11) is 1.78. The van der Waals surface area contributed by atoms with Crippen LogP contribution < -0.4 is 0 Å². The van der Waals surface area contributed by atoms with Crippen molar-refractivity contribution in [2.45, 2.75) is 70.1 Å². The Labute approximate surface area is 196 Å². The molecule has 3 fully saturated rings. The topological polar surface area (TPSA) is 53.1 Å². The maximum atomic E-state index is 13.4. The van der Waals surface area contributed by atoms with E-state index in [0.29, 0.717) is 18.1 Å². The molecule has 0 spiro atoms. The van der Waals surface area contributed by atoms with Crippen LogP contribution in [-0.2, 0) is 9.53 Å². The first-order chi connectivity index (χ1) is 15.1. The van der Waals surface area contributed by atoms with Crippen molar-refractivity contribution >= 4 is 23.6 Å². The van der Waals surface area contributed by atoms with Gasteiger partial charge >= 0.3 is 6.09 Å². The lowest BCUT2D eigenvalue weighted by Crippen LogP contribution is -2.45. The van der Waals surface area contributed by atoms with E-state index >= 15 is 0 Å². The largest absolute Gasteiger partial charge is 0.444 e. The average Bonchev–Trinajstić information content (AvgIpc) is 3.51. The number of hydrogen-bond donors (Lipinski definition) is 0. The van der Waals surface area contributed by atoms with Crippen molar-refractivity contribution in [2.24, 2.45) is 5.92 Å². The zero-order chi connectivity index (χ0) is 23.0. The summed E-state index contributed by atoms with van der Waals surface area (Å²) in [4.78, 5) is 32.5. The molecule has 0 N–H and O–H groups in total. The van der Waals surface area contributed by atoms with Crippen LogP contribution in [0.15, 0.2) is 24.3 Å². The number of halogens is 1. The predicted molar refractivity (Wildman–Crippen MR) is 126 cm³/mol. The number of ether oxygens (including phenoxy) is 1. The molecule has 4 rings (SSSR count). The summed E-state index contributed by atoms with van der Waals surface area (Å²) in [6, 6.07) is 8.38. The van der Waals surface area contributed by atoms with Gasteiger partial charge in [-0.25, -0.2) is 4.79 Å². The lowest BCUT2D eigenvalue weighted by molar-refractivity contribution is -0.136. The molecule has 7 heteroatoms. The summed E-state index contributed by atoms with van der Waals surface area (Å²) in [5.41, 5.74) is 0.527. The number of piperidine rings is 1. The van der Waals surface area contributed by atoms with Gasteiger partial charge in [-0.1, -0.05) is 23.7 Å². The second kappa shape index (κ2) is 9.22. The second-order valence-electron chi connectivity index (χ2n) is 10.6. The third kappa shape index (κ3) is 5.40. The summed E-state index contributed by atoms with van der Waals surface area (Å²) in [5, 5.41) is 0.680. The summed E-state index contributed by atoms with van der Waals surface area (Å²) in [6.07, 6.45) is 4.14. The molecule has 0 aromatic heterocycles. The minimum Gasteiger partial charge on any atom is -0.444 e. The Kier molecular flexibility index (Phi) is 6.73. The number of rotatable bonds is 4. The number of amides is 2. The highest BCUT2D eigenvalue weighted by Crippen LogP contribution is 2.35. The van der Waals surface area contributed by atoms with Crippen molar-refractivity contribution in [3.8, 4) is 0 Å². The molecule has 0 bridgehead atoms. The predicted octanol–water partition coefficient (Wildman–Crippen LogP) is 4.38. The van der Waals surface area contributed by atoms with Crippen LogP contribution >= 0.6 is 11.6 Å². The van der Waals surface area contributed by atoms with Crippen LogP contribution in [0, 0.1) is 5.92 Å². The SMILES string of the molecule is CN(C(=O)OC(C)(C)C)[C@@H]1CN(C(=O)C2CCN(C3CC3)CC2)C[C@H]1c1ccc(Cl)cc1. The summed E-state index contributed by atoms with van der Waals surface area (Å²) in [6.45, 7) is 8.80. The third-order valence-electron chi connectivity index (χ3n) is 7.02. The summed E-state index contributed by atoms with van der Waals surface area (Å²) >= 11 is 6.11. The number of nitrogens with zero attached hydrogens (tertiary/aromatic N) is 3. The monoisotopic (exact) mass is 461 g/mol. The molecule has 3 aliphatic rings. The van der Waals surface area contributed by atoms with E-state index in [1.54, 1.807) is 11.9 Å². The van der Waals surface area contributed by atoms with Crippen LogP contribution in [0.3, 0.4) is 0 Å². The molecule has 2 heterocycles. The van der Waals surface area contributed by atoms with Gasteiger partial charge in [0.25, 0.3) is 0 Å². The van der Waals surface area contributed by atoms with Gasteiger partial charge in [0, 0.05) is 43.0 Å². The maximum absolute atomic E-state index is 13.4. The zero-order valence-corrected chi connectivity index (χ0v) is 20.5. The van der Waals surface area contributed by atoms with Gasteiger partial charge in [0.15, 0.2) is 0 Å². The number of hydrogen-bond acceptors (Lipinski definition) is 4. The van der Waals surface area contributed by atoms with E-state index in [1.165, 1.54) is 12.8 Å². The van der Waals surface area contributed by atoms with E-state index in [0.717, 1.165) is 37.5 Å². The van der Waals surface area contributed by atoms with Gasteiger partial charge in [0.1, 0.15) is 5.60 Å². The third-order valence-corrected chi connectivity index (χ3v) is 7.27. The zero-order valence-electron chi connectivity index (χ0n) is 19.7. The molecule has 0 unspecified atom stereocenters. The normalized spacial score (nSPS) is 25.1. The van der Waals surface area contributed by atoms with Crippen molar-refractivity contribution in [1.82, 2.24) is 14.7 Å². The Morgan fingerprint density at radius 1 is 1.03 bits per heavy atom. The van der Waals surface area contributed by atoms with Gasteiger partial charge in [0.05, 0.1) is 6.04 Å². The molecular formula is C25H36ClN3O3. The Bertz CT molecular complexity index is 826. The fourth-order valence-corrected chi connectivity index (χ4v) is 5.20. The second-order valence-corrected chi connectivity index (χ2v) is 11.0. The molecule has 2 atom stereocenters. The van der Waals surface area contributed by atoms with Crippen molar-refractivity contribution in [1.29, 1.82) is 0 Å². The molecule has 1 aliphatic carbocycles. The van der Waals surface area contributed by atoms with E-state index in [2.05, 4.69) is 4.90 Å². The van der Waals surface area contributed by atoms with Crippen molar-refractivity contribution in [2.75, 3.05) is 33.2 Å². The van der Waals surface area contributed by atoms with Gasteiger partial charge in [-0.05, 0) is 77.2 Å². The number of carbonyl (C=O) groups is 2. The van der Waals surface area contributed by atoms with Gasteiger partial charge in [-0.2, -0.15) is 0 Å². The smallest absolute Gasteiger partial charge is 0.410 e. The maximum Gasteiger partial charge on any atom is 0.410 e. The Hall–Kier alpha value is -1.79. The van der Waals surface area contributed by atoms with Crippen molar-refractivity contribution < 1.29 is 14.3 Å². The van der Waals surface area contributed by atoms with Gasteiger partial charge in [0.2, 0.25) is 5.91 Å². The lowest BCUT2D eigenvalue weighted by Gasteiger charge is -2.33. The van der Waals surface area contributed by atoms with Crippen LogP contribution in [0.5, 0.6) is 0 Å². The van der Waals surface area contributed by atoms with Crippen molar-refractivity contribution in [3.63, 3.8) is 0 Å². The molecule has 1 aromatic rings. The Morgan fingerprint density at radius 3 is 2.22 bits per heavy atom. The summed E-state index contributed by atoms with van der Waals surface area (Å²) in [5.74, 6) is 0.348. The van der Waals surface area contributed by atoms with E-state index < -0.39 is 5.60 Å². The van der Waals surface area contributed by atoms with Crippen LogP contribution in [0.25, 0.3) is 0 Å². The van der Waals surface area contributed by atoms with Crippen LogP contribution in [0.1, 0.15) is 57.9 Å². The number of likely N-dealkylation sites (N-methyl/N-ethyl adjacent to an activating group) is 1. The Balaban J connectivity index is 1.48. The van der Waals surface area contributed by atoms with Gasteiger partial charge < -0.3 is 19.4 Å². The van der Waals surface area contributed by atoms with E-state index in [1.807, 2.05) is 49.9 Å². The van der Waals surface area contributed by atoms with E-state index in [9.17, 15) is 9.59 Å². The van der Waals surface area contributed by atoms with Gasteiger partial charge in [-0.3, -0.25) is 4.79 Å². The summed E-state index contributed by atoms with van der Waals surface area (Å²) < 4.78 is 5.62. The van der Waals surface area contributed by atoms with Crippen LogP contribution in [-0.4, -0.2) is 77.6 Å². The highest BCUT2D eigenvalue weighted by atomic mass is 35.5. The Morgan fingerprint density at radius 2 is 1.66 bits per heavy atom. The fraction of sp³-hybridized carbons (Fsp3) is 0.680. The molecule has 176 valence electrons. The quantitative estimate of drug-likeness (QED) is 0.667. The highest BCUT2D eigenvalue weighted by Gasteiger charge is 2.43. The molecule has 2 saturated heterocycles. The van der Waals surface area contributed by atoms with E-state index in [4.69, 9.17) is 16.3 Å². The van der Waals surface area contributed by atoms with Gasteiger partial charge in [-0.15, -0.1) is 0 Å². The fourth-order valence-electron chi connectivity index (χ4n) is 5.08. The molecule has 2 amide bonds. The minimum atomic E-state index is -0.565. The molecule has 6 nitrogen and oxygen atoms in total. The number of likely N-dealkylation sites (tertiary alicyclic amines) is 2.